The van der Waals surface area contributed by atoms with Crippen LogP contribution in [0.5, 0.6) is 0 Å². The van der Waals surface area contributed by atoms with Crippen molar-refractivity contribution < 1.29 is 4.79 Å². The molecule has 2 rings (SSSR count). The monoisotopic (exact) mass is 249 g/mol. The molecule has 98 valence electrons. The van der Waals surface area contributed by atoms with Crippen LogP contribution in [-0.4, -0.2) is 16.5 Å². The normalized spacial score (nSPS) is 16.4. The van der Waals surface area contributed by atoms with Crippen molar-refractivity contribution in [2.45, 2.75) is 44.7 Å². The van der Waals surface area contributed by atoms with Crippen LogP contribution in [0.15, 0.2) is 23.3 Å². The van der Waals surface area contributed by atoms with E-state index >= 15 is 0 Å². The Bertz CT molecular complexity index is 475. The van der Waals surface area contributed by atoms with Gasteiger partial charge in [-0.2, -0.15) is 0 Å². The minimum Gasteiger partial charge on any atom is -0.394 e. The van der Waals surface area contributed by atoms with Crippen LogP contribution in [0.3, 0.4) is 0 Å². The Morgan fingerprint density at radius 1 is 1.39 bits per heavy atom. The second-order valence-corrected chi connectivity index (χ2v) is 4.84. The van der Waals surface area contributed by atoms with Crippen molar-refractivity contribution in [1.82, 2.24) is 9.88 Å². The third-order valence-electron chi connectivity index (χ3n) is 3.30. The molecule has 18 heavy (non-hydrogen) atoms. The maximum Gasteiger partial charge on any atom is 0.240 e. The number of nitrogens with two attached hydrogens (primary N) is 1. The Balaban J connectivity index is 1.90. The molecule has 0 saturated heterocycles. The molecule has 5 heteroatoms. The standard InChI is InChI=1S/C13H19N3O2/c14-11-8-16(7-6-12(11)17)9-13(18)15-10-4-2-1-3-5-10/h6-8,10H,1-5,9,14H2,(H,15,18). The van der Waals surface area contributed by atoms with Gasteiger partial charge in [-0.25, -0.2) is 0 Å². The molecule has 0 radical (unpaired) electrons. The van der Waals surface area contributed by atoms with E-state index in [-0.39, 0.29) is 23.6 Å². The van der Waals surface area contributed by atoms with Gasteiger partial charge in [-0.1, -0.05) is 19.3 Å². The molecule has 1 saturated carbocycles. The van der Waals surface area contributed by atoms with E-state index in [0.29, 0.717) is 6.04 Å². The lowest BCUT2D eigenvalue weighted by Crippen LogP contribution is -2.38. The number of rotatable bonds is 3. The summed E-state index contributed by atoms with van der Waals surface area (Å²) in [6, 6.07) is 1.69. The van der Waals surface area contributed by atoms with Gasteiger partial charge in [-0.3, -0.25) is 9.59 Å². The highest BCUT2D eigenvalue weighted by Crippen LogP contribution is 2.17. The van der Waals surface area contributed by atoms with Crippen molar-refractivity contribution >= 4 is 11.6 Å². The maximum atomic E-state index is 11.8. The predicted octanol–water partition coefficient (Wildman–Crippen LogP) is 0.879. The summed E-state index contributed by atoms with van der Waals surface area (Å²) in [6.07, 6.45) is 8.87. The van der Waals surface area contributed by atoms with Gasteiger partial charge in [0.25, 0.3) is 0 Å². The number of hydrogen-bond donors (Lipinski definition) is 2. The third kappa shape index (κ3) is 3.35. The number of carbonyl (C=O) groups is 1. The van der Waals surface area contributed by atoms with Crippen LogP contribution < -0.4 is 16.5 Å². The van der Waals surface area contributed by atoms with Gasteiger partial charge in [-0.05, 0) is 12.8 Å². The largest absolute Gasteiger partial charge is 0.394 e. The van der Waals surface area contributed by atoms with Gasteiger partial charge >= 0.3 is 0 Å². The average molecular weight is 249 g/mol. The summed E-state index contributed by atoms with van der Waals surface area (Å²) in [6.45, 7) is 0.209. The fraction of sp³-hybridized carbons (Fsp3) is 0.538. The first kappa shape index (κ1) is 12.7. The Labute approximate surface area is 106 Å². The van der Waals surface area contributed by atoms with Crippen molar-refractivity contribution in [3.8, 4) is 0 Å². The Morgan fingerprint density at radius 2 is 2.11 bits per heavy atom. The molecule has 1 heterocycles. The summed E-state index contributed by atoms with van der Waals surface area (Å²) in [5.41, 5.74) is 5.48. The quantitative estimate of drug-likeness (QED) is 0.834. The van der Waals surface area contributed by atoms with E-state index in [1.54, 1.807) is 10.8 Å². The predicted molar refractivity (Wildman–Crippen MR) is 70.1 cm³/mol. The zero-order valence-electron chi connectivity index (χ0n) is 10.4. The molecule has 5 nitrogen and oxygen atoms in total. The third-order valence-corrected chi connectivity index (χ3v) is 3.30. The number of aromatic nitrogens is 1. The summed E-state index contributed by atoms with van der Waals surface area (Å²) in [5.74, 6) is -0.0232. The topological polar surface area (TPSA) is 77.1 Å². The Hall–Kier alpha value is -1.78. The smallest absolute Gasteiger partial charge is 0.240 e. The highest BCUT2D eigenvalue weighted by molar-refractivity contribution is 5.76. The van der Waals surface area contributed by atoms with Crippen LogP contribution in [0.2, 0.25) is 0 Å². The van der Waals surface area contributed by atoms with Crippen LogP contribution in [-0.2, 0) is 11.3 Å². The number of nitrogens with one attached hydrogen (secondary N) is 1. The highest BCUT2D eigenvalue weighted by atomic mass is 16.2. The molecule has 3 N–H and O–H groups in total. The van der Waals surface area contributed by atoms with Crippen LogP contribution in [0.25, 0.3) is 0 Å². The first-order valence-corrected chi connectivity index (χ1v) is 6.40. The summed E-state index contributed by atoms with van der Waals surface area (Å²) in [4.78, 5) is 23.0. The van der Waals surface area contributed by atoms with E-state index in [9.17, 15) is 9.59 Å². The molecule has 1 aromatic heterocycles. The lowest BCUT2D eigenvalue weighted by molar-refractivity contribution is -0.122. The van der Waals surface area contributed by atoms with E-state index < -0.39 is 0 Å². The average Bonchev–Trinajstić information content (AvgIpc) is 2.35. The van der Waals surface area contributed by atoms with Crippen LogP contribution in [0.1, 0.15) is 32.1 Å². The molecule has 0 aromatic carbocycles. The summed E-state index contributed by atoms with van der Waals surface area (Å²) in [5, 5.41) is 3.02. The molecule has 1 aliphatic rings. The summed E-state index contributed by atoms with van der Waals surface area (Å²) < 4.78 is 1.63. The molecule has 0 spiro atoms. The lowest BCUT2D eigenvalue weighted by Gasteiger charge is -2.23. The number of hydrogen-bond acceptors (Lipinski definition) is 3. The number of pyridine rings is 1. The second-order valence-electron chi connectivity index (χ2n) is 4.84. The molecule has 1 amide bonds. The van der Waals surface area contributed by atoms with Crippen molar-refractivity contribution in [2.24, 2.45) is 0 Å². The second kappa shape index (κ2) is 5.71. The first-order chi connectivity index (χ1) is 8.65. The zero-order valence-corrected chi connectivity index (χ0v) is 10.4. The van der Waals surface area contributed by atoms with E-state index in [1.807, 2.05) is 0 Å². The van der Waals surface area contributed by atoms with Crippen LogP contribution in [0, 0.1) is 0 Å². The minimum absolute atomic E-state index is 0.0232. The fourth-order valence-electron chi connectivity index (χ4n) is 2.33. The zero-order chi connectivity index (χ0) is 13.0. The molecular formula is C13H19N3O2. The first-order valence-electron chi connectivity index (χ1n) is 6.40. The summed E-state index contributed by atoms with van der Waals surface area (Å²) in [7, 11) is 0. The SMILES string of the molecule is Nc1cn(CC(=O)NC2CCCCC2)ccc1=O. The number of carbonyl (C=O) groups excluding carboxylic acids is 1. The number of amides is 1. The molecular weight excluding hydrogens is 230 g/mol. The van der Waals surface area contributed by atoms with Gasteiger partial charge < -0.3 is 15.6 Å². The molecule has 1 aliphatic carbocycles. The van der Waals surface area contributed by atoms with Gasteiger partial charge in [0.1, 0.15) is 6.54 Å². The highest BCUT2D eigenvalue weighted by Gasteiger charge is 2.15. The molecule has 1 fully saturated rings. The fourth-order valence-corrected chi connectivity index (χ4v) is 2.33. The number of anilines is 1. The van der Waals surface area contributed by atoms with Crippen molar-refractivity contribution in [2.75, 3.05) is 5.73 Å². The lowest BCUT2D eigenvalue weighted by atomic mass is 9.95. The van der Waals surface area contributed by atoms with Crippen LogP contribution >= 0.6 is 0 Å². The van der Waals surface area contributed by atoms with Gasteiger partial charge in [-0.15, -0.1) is 0 Å². The van der Waals surface area contributed by atoms with E-state index in [2.05, 4.69) is 5.32 Å². The van der Waals surface area contributed by atoms with Crippen molar-refractivity contribution in [3.05, 3.63) is 28.7 Å². The van der Waals surface area contributed by atoms with Gasteiger partial charge in [0.15, 0.2) is 0 Å². The van der Waals surface area contributed by atoms with E-state index in [1.165, 1.54) is 31.5 Å². The number of nitrogen functional groups attached to an aromatic ring is 1. The van der Waals surface area contributed by atoms with Gasteiger partial charge in [0.2, 0.25) is 11.3 Å². The number of nitrogens with zero attached hydrogens (tertiary/aromatic N) is 1. The van der Waals surface area contributed by atoms with Gasteiger partial charge in [0.05, 0.1) is 5.69 Å². The summed E-state index contributed by atoms with van der Waals surface area (Å²) >= 11 is 0. The molecule has 0 atom stereocenters. The van der Waals surface area contributed by atoms with E-state index in [4.69, 9.17) is 5.73 Å². The Morgan fingerprint density at radius 3 is 2.78 bits per heavy atom. The molecule has 0 unspecified atom stereocenters. The van der Waals surface area contributed by atoms with E-state index in [0.717, 1.165) is 12.8 Å². The maximum absolute atomic E-state index is 11.8. The van der Waals surface area contributed by atoms with Crippen molar-refractivity contribution in [1.29, 1.82) is 0 Å². The minimum atomic E-state index is -0.209. The molecule has 0 aliphatic heterocycles. The van der Waals surface area contributed by atoms with Crippen LogP contribution in [0.4, 0.5) is 5.69 Å². The Kier molecular flexibility index (Phi) is 4.02. The molecule has 0 bridgehead atoms. The van der Waals surface area contributed by atoms with Gasteiger partial charge in [0, 0.05) is 24.5 Å². The van der Waals surface area contributed by atoms with Crippen molar-refractivity contribution in [3.63, 3.8) is 0 Å². The molecule has 1 aromatic rings.